The Hall–Kier alpha value is -3.55. The van der Waals surface area contributed by atoms with Crippen LogP contribution in [0, 0.1) is 0 Å². The number of amides is 1. The standard InChI is InChI=1S/C18H17N3O5/c1-23-14-8-12(9-15(10-14)24-2)17-20-21-18(26-17)19-16(22)11-25-13-6-4-3-5-7-13/h3-10H,11H2,1-2H3,(H,19,21,22). The number of rotatable bonds is 7. The third-order valence-electron chi connectivity index (χ3n) is 3.38. The van der Waals surface area contributed by atoms with Gasteiger partial charge in [0, 0.05) is 11.6 Å². The molecule has 0 aliphatic rings. The predicted molar refractivity (Wildman–Crippen MR) is 93.4 cm³/mol. The van der Waals surface area contributed by atoms with Gasteiger partial charge in [-0.3, -0.25) is 10.1 Å². The lowest BCUT2D eigenvalue weighted by molar-refractivity contribution is -0.118. The molecule has 1 aromatic heterocycles. The van der Waals surface area contributed by atoms with E-state index in [0.29, 0.717) is 22.8 Å². The van der Waals surface area contributed by atoms with Crippen molar-refractivity contribution in [3.63, 3.8) is 0 Å². The first kappa shape index (κ1) is 17.3. The Morgan fingerprint density at radius 1 is 1.00 bits per heavy atom. The van der Waals surface area contributed by atoms with E-state index in [0.717, 1.165) is 0 Å². The second kappa shape index (κ2) is 8.02. The molecular weight excluding hydrogens is 338 g/mol. The Bertz CT molecular complexity index is 857. The number of para-hydroxylation sites is 1. The van der Waals surface area contributed by atoms with Crippen molar-refractivity contribution in [2.24, 2.45) is 0 Å². The van der Waals surface area contributed by atoms with E-state index in [1.807, 2.05) is 18.2 Å². The smallest absolute Gasteiger partial charge is 0.322 e. The largest absolute Gasteiger partial charge is 0.497 e. The Morgan fingerprint density at radius 2 is 1.69 bits per heavy atom. The molecule has 0 unspecified atom stereocenters. The van der Waals surface area contributed by atoms with Crippen molar-refractivity contribution in [1.29, 1.82) is 0 Å². The van der Waals surface area contributed by atoms with Crippen LogP contribution in [0.1, 0.15) is 0 Å². The molecule has 1 N–H and O–H groups in total. The second-order valence-corrected chi connectivity index (χ2v) is 5.16. The summed E-state index contributed by atoms with van der Waals surface area (Å²) in [7, 11) is 3.09. The highest BCUT2D eigenvalue weighted by Crippen LogP contribution is 2.29. The van der Waals surface area contributed by atoms with E-state index < -0.39 is 5.91 Å². The minimum atomic E-state index is -0.410. The van der Waals surface area contributed by atoms with Crippen LogP contribution in [0.5, 0.6) is 17.2 Å². The lowest BCUT2D eigenvalue weighted by Crippen LogP contribution is -2.20. The Balaban J connectivity index is 1.65. The Morgan fingerprint density at radius 3 is 2.35 bits per heavy atom. The first-order valence-electron chi connectivity index (χ1n) is 7.72. The second-order valence-electron chi connectivity index (χ2n) is 5.16. The molecule has 3 rings (SSSR count). The summed E-state index contributed by atoms with van der Waals surface area (Å²) in [6.45, 7) is -0.172. The molecule has 0 radical (unpaired) electrons. The number of carbonyl (C=O) groups excluding carboxylic acids is 1. The molecule has 134 valence electrons. The fourth-order valence-corrected chi connectivity index (χ4v) is 2.14. The zero-order valence-electron chi connectivity index (χ0n) is 14.3. The van der Waals surface area contributed by atoms with Crippen LogP contribution in [0.2, 0.25) is 0 Å². The van der Waals surface area contributed by atoms with Gasteiger partial charge in [0.25, 0.3) is 5.91 Å². The van der Waals surface area contributed by atoms with Gasteiger partial charge in [0.15, 0.2) is 6.61 Å². The van der Waals surface area contributed by atoms with Gasteiger partial charge in [-0.05, 0) is 24.3 Å². The van der Waals surface area contributed by atoms with Crippen LogP contribution in [0.3, 0.4) is 0 Å². The van der Waals surface area contributed by atoms with E-state index >= 15 is 0 Å². The summed E-state index contributed by atoms with van der Waals surface area (Å²) >= 11 is 0. The van der Waals surface area contributed by atoms with Crippen molar-refractivity contribution < 1.29 is 23.4 Å². The SMILES string of the molecule is COc1cc(OC)cc(-c2nnc(NC(=O)COc3ccccc3)o2)c1. The van der Waals surface area contributed by atoms with E-state index in [4.69, 9.17) is 18.6 Å². The minimum Gasteiger partial charge on any atom is -0.497 e. The van der Waals surface area contributed by atoms with E-state index in [2.05, 4.69) is 15.5 Å². The normalized spacial score (nSPS) is 10.2. The number of nitrogens with zero attached hydrogens (tertiary/aromatic N) is 2. The average Bonchev–Trinajstić information content (AvgIpc) is 3.15. The van der Waals surface area contributed by atoms with Crippen LogP contribution in [-0.4, -0.2) is 36.9 Å². The van der Waals surface area contributed by atoms with Crippen LogP contribution in [-0.2, 0) is 4.79 Å². The molecule has 1 heterocycles. The third kappa shape index (κ3) is 4.29. The molecule has 3 aromatic rings. The lowest BCUT2D eigenvalue weighted by Gasteiger charge is -2.06. The number of benzene rings is 2. The van der Waals surface area contributed by atoms with Gasteiger partial charge in [-0.2, -0.15) is 0 Å². The number of hydrogen-bond acceptors (Lipinski definition) is 7. The van der Waals surface area contributed by atoms with Crippen LogP contribution in [0.25, 0.3) is 11.5 Å². The van der Waals surface area contributed by atoms with Gasteiger partial charge < -0.3 is 18.6 Å². The molecule has 0 aliphatic carbocycles. The highest BCUT2D eigenvalue weighted by Gasteiger charge is 2.14. The molecule has 0 atom stereocenters. The topological polar surface area (TPSA) is 95.7 Å². The number of carbonyl (C=O) groups is 1. The average molecular weight is 355 g/mol. The van der Waals surface area contributed by atoms with Crippen LogP contribution in [0.15, 0.2) is 52.9 Å². The van der Waals surface area contributed by atoms with Gasteiger partial charge in [-0.15, -0.1) is 5.10 Å². The summed E-state index contributed by atoms with van der Waals surface area (Å²) in [5.41, 5.74) is 0.606. The van der Waals surface area contributed by atoms with Crippen molar-refractivity contribution >= 4 is 11.9 Å². The minimum absolute atomic E-state index is 0.0246. The summed E-state index contributed by atoms with van der Waals surface area (Å²) in [5, 5.41) is 10.2. The highest BCUT2D eigenvalue weighted by atomic mass is 16.5. The van der Waals surface area contributed by atoms with Gasteiger partial charge in [0.1, 0.15) is 17.2 Å². The molecule has 2 aromatic carbocycles. The van der Waals surface area contributed by atoms with Crippen LogP contribution in [0.4, 0.5) is 6.01 Å². The predicted octanol–water partition coefficient (Wildman–Crippen LogP) is 2.77. The zero-order chi connectivity index (χ0) is 18.4. The van der Waals surface area contributed by atoms with Crippen LogP contribution < -0.4 is 19.5 Å². The number of hydrogen-bond donors (Lipinski definition) is 1. The molecule has 0 fully saturated rings. The zero-order valence-corrected chi connectivity index (χ0v) is 14.3. The van der Waals surface area contributed by atoms with Crippen LogP contribution >= 0.6 is 0 Å². The highest BCUT2D eigenvalue weighted by molar-refractivity contribution is 5.89. The van der Waals surface area contributed by atoms with Crippen molar-refractivity contribution in [1.82, 2.24) is 10.2 Å². The molecule has 8 nitrogen and oxygen atoms in total. The van der Waals surface area contributed by atoms with Gasteiger partial charge in [0.05, 0.1) is 14.2 Å². The molecule has 0 saturated carbocycles. The maximum absolute atomic E-state index is 11.9. The summed E-state index contributed by atoms with van der Waals surface area (Å²) < 4.78 is 21.2. The Kier molecular flexibility index (Phi) is 5.33. The first-order chi connectivity index (χ1) is 12.7. The number of methoxy groups -OCH3 is 2. The fourth-order valence-electron chi connectivity index (χ4n) is 2.14. The van der Waals surface area contributed by atoms with Crippen molar-refractivity contribution in [3.8, 4) is 28.7 Å². The Labute approximate surface area is 149 Å². The molecule has 1 amide bonds. The third-order valence-corrected chi connectivity index (χ3v) is 3.38. The number of ether oxygens (including phenoxy) is 3. The summed E-state index contributed by atoms with van der Waals surface area (Å²) in [5.74, 6) is 1.57. The molecule has 26 heavy (non-hydrogen) atoms. The monoisotopic (exact) mass is 355 g/mol. The maximum Gasteiger partial charge on any atom is 0.322 e. The quantitative estimate of drug-likeness (QED) is 0.696. The van der Waals surface area contributed by atoms with Gasteiger partial charge in [-0.25, -0.2) is 0 Å². The van der Waals surface area contributed by atoms with Gasteiger partial charge in [0.2, 0.25) is 5.89 Å². The first-order valence-corrected chi connectivity index (χ1v) is 7.72. The van der Waals surface area contributed by atoms with E-state index in [1.165, 1.54) is 0 Å². The lowest BCUT2D eigenvalue weighted by atomic mass is 10.2. The van der Waals surface area contributed by atoms with Crippen molar-refractivity contribution in [2.75, 3.05) is 26.1 Å². The molecule has 8 heteroatoms. The molecular formula is C18H17N3O5. The number of anilines is 1. The van der Waals surface area contributed by atoms with Crippen molar-refractivity contribution in [3.05, 3.63) is 48.5 Å². The van der Waals surface area contributed by atoms with E-state index in [-0.39, 0.29) is 18.5 Å². The van der Waals surface area contributed by atoms with E-state index in [1.54, 1.807) is 44.6 Å². The van der Waals surface area contributed by atoms with Gasteiger partial charge >= 0.3 is 6.01 Å². The summed E-state index contributed by atoms with van der Waals surface area (Å²) in [6, 6.07) is 14.2. The summed E-state index contributed by atoms with van der Waals surface area (Å²) in [4.78, 5) is 11.9. The fraction of sp³-hybridized carbons (Fsp3) is 0.167. The maximum atomic E-state index is 11.9. The molecule has 0 spiro atoms. The number of nitrogens with one attached hydrogen (secondary N) is 1. The van der Waals surface area contributed by atoms with Crippen molar-refractivity contribution in [2.45, 2.75) is 0 Å². The number of aromatic nitrogens is 2. The molecule has 0 bridgehead atoms. The molecule has 0 saturated heterocycles. The van der Waals surface area contributed by atoms with E-state index in [9.17, 15) is 4.79 Å². The molecule has 0 aliphatic heterocycles. The van der Waals surface area contributed by atoms with Gasteiger partial charge in [-0.1, -0.05) is 23.3 Å². The summed E-state index contributed by atoms with van der Waals surface area (Å²) in [6.07, 6.45) is 0.